The van der Waals surface area contributed by atoms with Gasteiger partial charge in [-0.3, -0.25) is 4.90 Å². The van der Waals surface area contributed by atoms with Crippen molar-refractivity contribution in [3.63, 3.8) is 0 Å². The van der Waals surface area contributed by atoms with Crippen LogP contribution in [0, 0.1) is 0 Å². The topological polar surface area (TPSA) is 3.24 Å². The van der Waals surface area contributed by atoms with Crippen LogP contribution >= 0.6 is 11.3 Å². The van der Waals surface area contributed by atoms with E-state index in [0.717, 1.165) is 13.1 Å². The molecule has 2 aromatic carbocycles. The molecule has 0 radical (unpaired) electrons. The van der Waals surface area contributed by atoms with Crippen LogP contribution in [0.5, 0.6) is 0 Å². The van der Waals surface area contributed by atoms with Crippen molar-refractivity contribution in [2.45, 2.75) is 39.3 Å². The second-order valence-electron chi connectivity index (χ2n) is 7.33. The van der Waals surface area contributed by atoms with E-state index < -0.39 is 0 Å². The Balaban J connectivity index is 1.74. The lowest BCUT2D eigenvalue weighted by Crippen LogP contribution is -2.16. The highest BCUT2D eigenvalue weighted by Gasteiger charge is 2.16. The summed E-state index contributed by atoms with van der Waals surface area (Å²) in [7, 11) is 2.21. The van der Waals surface area contributed by atoms with Gasteiger partial charge in [-0.15, -0.1) is 11.3 Å². The van der Waals surface area contributed by atoms with Crippen molar-refractivity contribution in [1.82, 2.24) is 4.90 Å². The molecule has 120 valence electrons. The fourth-order valence-electron chi connectivity index (χ4n) is 2.91. The van der Waals surface area contributed by atoms with Crippen molar-refractivity contribution >= 4 is 22.1 Å². The van der Waals surface area contributed by atoms with Crippen LogP contribution in [0.4, 0.5) is 0 Å². The zero-order valence-electron chi connectivity index (χ0n) is 14.5. The Bertz CT molecular complexity index is 789. The second-order valence-corrected chi connectivity index (χ2v) is 8.49. The summed E-state index contributed by atoms with van der Waals surface area (Å²) in [6, 6.07) is 19.8. The smallest absolute Gasteiger partial charge is 0.0328 e. The predicted octanol–water partition coefficient (Wildman–Crippen LogP) is 5.83. The van der Waals surface area contributed by atoms with Crippen LogP contribution in [-0.2, 0) is 18.5 Å². The maximum absolute atomic E-state index is 2.40. The third kappa shape index (κ3) is 3.82. The quantitative estimate of drug-likeness (QED) is 0.584. The third-order valence-electron chi connectivity index (χ3n) is 4.15. The number of hydrogen-bond acceptors (Lipinski definition) is 2. The van der Waals surface area contributed by atoms with E-state index in [0.29, 0.717) is 0 Å². The van der Waals surface area contributed by atoms with Gasteiger partial charge in [0, 0.05) is 22.8 Å². The molecular weight excluding hydrogens is 298 g/mol. The van der Waals surface area contributed by atoms with Gasteiger partial charge in [-0.1, -0.05) is 63.2 Å². The monoisotopic (exact) mass is 323 g/mol. The molecule has 3 aromatic rings. The van der Waals surface area contributed by atoms with Crippen molar-refractivity contribution in [1.29, 1.82) is 0 Å². The zero-order valence-corrected chi connectivity index (χ0v) is 15.3. The minimum absolute atomic E-state index is 0.247. The van der Waals surface area contributed by atoms with Crippen molar-refractivity contribution in [2.75, 3.05) is 7.05 Å². The van der Waals surface area contributed by atoms with Gasteiger partial charge in [0.05, 0.1) is 0 Å². The Morgan fingerprint density at radius 3 is 2.35 bits per heavy atom. The first-order valence-corrected chi connectivity index (χ1v) is 8.99. The minimum atomic E-state index is 0.247. The summed E-state index contributed by atoms with van der Waals surface area (Å²) in [4.78, 5) is 5.31. The minimum Gasteiger partial charge on any atom is -0.297 e. The molecule has 0 fully saturated rings. The van der Waals surface area contributed by atoms with Crippen LogP contribution in [0.15, 0.2) is 54.6 Å². The van der Waals surface area contributed by atoms with Gasteiger partial charge in [-0.25, -0.2) is 0 Å². The number of benzene rings is 2. The van der Waals surface area contributed by atoms with Gasteiger partial charge in [0.25, 0.3) is 0 Å². The van der Waals surface area contributed by atoms with Gasteiger partial charge >= 0.3 is 0 Å². The first kappa shape index (κ1) is 16.2. The number of thiophene rings is 1. The number of rotatable bonds is 4. The summed E-state index contributed by atoms with van der Waals surface area (Å²) in [6.45, 7) is 8.82. The van der Waals surface area contributed by atoms with Crippen LogP contribution in [0.1, 0.15) is 36.1 Å². The molecule has 0 unspecified atom stereocenters. The molecule has 1 nitrogen and oxygen atoms in total. The van der Waals surface area contributed by atoms with E-state index in [4.69, 9.17) is 0 Å². The van der Waals surface area contributed by atoms with E-state index in [1.165, 1.54) is 26.1 Å². The van der Waals surface area contributed by atoms with Crippen LogP contribution in [0.2, 0.25) is 0 Å². The molecule has 0 aliphatic carbocycles. The van der Waals surface area contributed by atoms with Gasteiger partial charge in [0.2, 0.25) is 0 Å². The summed E-state index contributed by atoms with van der Waals surface area (Å²) >= 11 is 1.94. The molecule has 1 aromatic heterocycles. The van der Waals surface area contributed by atoms with Gasteiger partial charge in [0.15, 0.2) is 0 Å². The Kier molecular flexibility index (Phi) is 4.56. The van der Waals surface area contributed by atoms with E-state index in [-0.39, 0.29) is 5.41 Å². The van der Waals surface area contributed by atoms with Gasteiger partial charge in [-0.05, 0) is 40.9 Å². The SMILES string of the molecule is CN(Cc1ccc(C(C)(C)C)s1)Cc1cccc2ccccc12. The van der Waals surface area contributed by atoms with Crippen molar-refractivity contribution < 1.29 is 0 Å². The fourth-order valence-corrected chi connectivity index (χ4v) is 4.05. The molecular formula is C21H25NS. The van der Waals surface area contributed by atoms with E-state index in [2.05, 4.69) is 87.3 Å². The van der Waals surface area contributed by atoms with Gasteiger partial charge in [-0.2, -0.15) is 0 Å². The molecule has 3 rings (SSSR count). The van der Waals surface area contributed by atoms with Crippen molar-refractivity contribution in [2.24, 2.45) is 0 Å². The predicted molar refractivity (Wildman–Crippen MR) is 102 cm³/mol. The third-order valence-corrected chi connectivity index (χ3v) is 5.64. The normalized spacial score (nSPS) is 12.2. The summed E-state index contributed by atoms with van der Waals surface area (Å²) in [5, 5.41) is 2.69. The van der Waals surface area contributed by atoms with E-state index in [1.54, 1.807) is 0 Å². The molecule has 0 aliphatic rings. The Hall–Kier alpha value is -1.64. The van der Waals surface area contributed by atoms with Gasteiger partial charge < -0.3 is 0 Å². The van der Waals surface area contributed by atoms with Crippen LogP contribution < -0.4 is 0 Å². The van der Waals surface area contributed by atoms with Crippen LogP contribution in [0.25, 0.3) is 10.8 Å². The summed E-state index contributed by atoms with van der Waals surface area (Å²) < 4.78 is 0. The number of nitrogens with zero attached hydrogens (tertiary/aromatic N) is 1. The molecule has 0 saturated carbocycles. The van der Waals surface area contributed by atoms with Gasteiger partial charge in [0.1, 0.15) is 0 Å². The average molecular weight is 324 g/mol. The highest BCUT2D eigenvalue weighted by atomic mass is 32.1. The molecule has 0 N–H and O–H groups in total. The van der Waals surface area contributed by atoms with Crippen molar-refractivity contribution in [3.8, 4) is 0 Å². The Morgan fingerprint density at radius 2 is 1.61 bits per heavy atom. The molecule has 0 atom stereocenters. The summed E-state index contributed by atoms with van der Waals surface area (Å²) in [5.41, 5.74) is 1.65. The lowest BCUT2D eigenvalue weighted by Gasteiger charge is -2.18. The van der Waals surface area contributed by atoms with Crippen molar-refractivity contribution in [3.05, 3.63) is 69.9 Å². The van der Waals surface area contributed by atoms with Crippen LogP contribution in [-0.4, -0.2) is 11.9 Å². The summed E-state index contributed by atoms with van der Waals surface area (Å²) in [5.74, 6) is 0. The number of hydrogen-bond donors (Lipinski definition) is 0. The fraction of sp³-hybridized carbons (Fsp3) is 0.333. The van der Waals surface area contributed by atoms with E-state index in [1.807, 2.05) is 11.3 Å². The maximum atomic E-state index is 2.40. The molecule has 0 spiro atoms. The van der Waals surface area contributed by atoms with E-state index >= 15 is 0 Å². The molecule has 0 bridgehead atoms. The molecule has 0 aliphatic heterocycles. The lowest BCUT2D eigenvalue weighted by molar-refractivity contribution is 0.323. The lowest BCUT2D eigenvalue weighted by atomic mass is 9.95. The largest absolute Gasteiger partial charge is 0.297 e. The molecule has 0 amide bonds. The molecule has 2 heteroatoms. The molecule has 0 saturated heterocycles. The molecule has 1 heterocycles. The Morgan fingerprint density at radius 1 is 0.870 bits per heavy atom. The summed E-state index contributed by atoms with van der Waals surface area (Å²) in [6.07, 6.45) is 0. The van der Waals surface area contributed by atoms with Crippen LogP contribution in [0.3, 0.4) is 0 Å². The molecule has 23 heavy (non-hydrogen) atoms. The average Bonchev–Trinajstić information content (AvgIpc) is 2.96. The highest BCUT2D eigenvalue weighted by Crippen LogP contribution is 2.30. The number of fused-ring (bicyclic) bond motifs is 1. The standard InChI is InChI=1S/C21H25NS/c1-21(2,3)20-13-12-18(23-20)15-22(4)14-17-10-7-9-16-8-5-6-11-19(16)17/h5-13H,14-15H2,1-4H3. The second kappa shape index (κ2) is 6.46. The van der Waals surface area contributed by atoms with E-state index in [9.17, 15) is 0 Å². The Labute approximate surface area is 143 Å². The first-order chi connectivity index (χ1) is 10.9. The first-order valence-electron chi connectivity index (χ1n) is 8.18. The zero-order chi connectivity index (χ0) is 16.4. The highest BCUT2D eigenvalue weighted by molar-refractivity contribution is 7.12. The maximum Gasteiger partial charge on any atom is 0.0328 e.